The van der Waals surface area contributed by atoms with Crippen molar-refractivity contribution in [3.8, 4) is 17.2 Å². The van der Waals surface area contributed by atoms with Crippen molar-refractivity contribution in [2.75, 3.05) is 19.0 Å². The minimum absolute atomic E-state index is 0.204. The third-order valence-electron chi connectivity index (χ3n) is 4.48. The Morgan fingerprint density at radius 1 is 0.943 bits per heavy atom. The van der Waals surface area contributed by atoms with Crippen LogP contribution in [0.15, 0.2) is 71.8 Å². The standard InChI is InChI=1S/C25H22ClN3O6/c1-3-34-20-11-5-17(6-12-20)25(32)35-21-13-4-16(14-22(21)33-2)15-27-29-24(31)23(30)28-19-9-7-18(26)8-10-19/h4-15H,3H2,1-2H3,(H,28,30)(H,29,31). The topological polar surface area (TPSA) is 115 Å². The Morgan fingerprint density at radius 3 is 2.31 bits per heavy atom. The molecule has 0 spiro atoms. The molecule has 0 saturated heterocycles. The molecule has 0 unspecified atom stereocenters. The summed E-state index contributed by atoms with van der Waals surface area (Å²) in [5, 5.41) is 6.70. The smallest absolute Gasteiger partial charge is 0.343 e. The van der Waals surface area contributed by atoms with Crippen LogP contribution in [-0.2, 0) is 9.59 Å². The van der Waals surface area contributed by atoms with Crippen LogP contribution in [-0.4, -0.2) is 37.7 Å². The minimum atomic E-state index is -0.955. The molecule has 2 N–H and O–H groups in total. The number of hydrogen-bond acceptors (Lipinski definition) is 7. The average Bonchev–Trinajstić information content (AvgIpc) is 2.86. The van der Waals surface area contributed by atoms with Gasteiger partial charge in [-0.3, -0.25) is 9.59 Å². The summed E-state index contributed by atoms with van der Waals surface area (Å²) in [6, 6.07) is 17.6. The molecule has 0 aliphatic carbocycles. The number of carbonyl (C=O) groups excluding carboxylic acids is 3. The van der Waals surface area contributed by atoms with Gasteiger partial charge in [0.05, 0.1) is 25.5 Å². The quantitative estimate of drug-likeness (QED) is 0.160. The molecule has 0 atom stereocenters. The van der Waals surface area contributed by atoms with Crippen LogP contribution in [0.2, 0.25) is 5.02 Å². The normalized spacial score (nSPS) is 10.5. The van der Waals surface area contributed by atoms with Crippen LogP contribution in [0.1, 0.15) is 22.8 Å². The third-order valence-corrected chi connectivity index (χ3v) is 4.73. The van der Waals surface area contributed by atoms with Gasteiger partial charge in [-0.25, -0.2) is 10.2 Å². The van der Waals surface area contributed by atoms with Crippen molar-refractivity contribution in [3.63, 3.8) is 0 Å². The SMILES string of the molecule is CCOc1ccc(C(=O)Oc2ccc(C=NNC(=O)C(=O)Nc3ccc(Cl)cc3)cc2OC)cc1. The van der Waals surface area contributed by atoms with E-state index in [1.807, 2.05) is 6.92 Å². The van der Waals surface area contributed by atoms with Crippen LogP contribution in [0.5, 0.6) is 17.2 Å². The fourth-order valence-electron chi connectivity index (χ4n) is 2.80. The van der Waals surface area contributed by atoms with Gasteiger partial charge in [0.1, 0.15) is 5.75 Å². The van der Waals surface area contributed by atoms with E-state index in [0.717, 1.165) is 0 Å². The molecule has 3 aromatic carbocycles. The number of halogens is 1. The van der Waals surface area contributed by atoms with Gasteiger partial charge in [-0.2, -0.15) is 5.10 Å². The molecule has 2 amide bonds. The van der Waals surface area contributed by atoms with E-state index in [-0.39, 0.29) is 11.5 Å². The second-order valence-electron chi connectivity index (χ2n) is 6.92. The van der Waals surface area contributed by atoms with Gasteiger partial charge in [0.2, 0.25) is 0 Å². The maximum Gasteiger partial charge on any atom is 0.343 e. The highest BCUT2D eigenvalue weighted by molar-refractivity contribution is 6.39. The monoisotopic (exact) mass is 495 g/mol. The summed E-state index contributed by atoms with van der Waals surface area (Å²) in [5.41, 5.74) is 3.43. The lowest BCUT2D eigenvalue weighted by molar-refractivity contribution is -0.136. The van der Waals surface area contributed by atoms with E-state index in [9.17, 15) is 14.4 Å². The molecule has 0 aromatic heterocycles. The molecule has 0 aliphatic heterocycles. The zero-order chi connectivity index (χ0) is 25.2. The average molecular weight is 496 g/mol. The fraction of sp³-hybridized carbons (Fsp3) is 0.120. The highest BCUT2D eigenvalue weighted by atomic mass is 35.5. The summed E-state index contributed by atoms with van der Waals surface area (Å²) in [5.74, 6) is -1.27. The Balaban J connectivity index is 1.58. The van der Waals surface area contributed by atoms with Gasteiger partial charge in [-0.15, -0.1) is 0 Å². The summed E-state index contributed by atoms with van der Waals surface area (Å²) in [6.07, 6.45) is 1.31. The largest absolute Gasteiger partial charge is 0.494 e. The maximum absolute atomic E-state index is 12.5. The summed E-state index contributed by atoms with van der Waals surface area (Å²) < 4.78 is 16.1. The van der Waals surface area contributed by atoms with Crippen molar-refractivity contribution in [2.45, 2.75) is 6.92 Å². The number of rotatable bonds is 8. The number of esters is 1. The number of carbonyl (C=O) groups is 3. The molecule has 3 rings (SSSR count). The molecule has 0 heterocycles. The van der Waals surface area contributed by atoms with Crippen molar-refractivity contribution in [1.29, 1.82) is 0 Å². The van der Waals surface area contributed by atoms with E-state index in [4.69, 9.17) is 25.8 Å². The number of anilines is 1. The first kappa shape index (κ1) is 25.3. The Bertz CT molecular complexity index is 1230. The molecular formula is C25H22ClN3O6. The first-order valence-corrected chi connectivity index (χ1v) is 10.8. The first-order valence-electron chi connectivity index (χ1n) is 10.4. The number of methoxy groups -OCH3 is 1. The number of hydrogen-bond donors (Lipinski definition) is 2. The molecule has 180 valence electrons. The van der Waals surface area contributed by atoms with E-state index >= 15 is 0 Å². The molecule has 9 nitrogen and oxygen atoms in total. The van der Waals surface area contributed by atoms with Crippen LogP contribution >= 0.6 is 11.6 Å². The van der Waals surface area contributed by atoms with E-state index in [1.165, 1.54) is 19.4 Å². The molecule has 0 saturated carbocycles. The maximum atomic E-state index is 12.5. The van der Waals surface area contributed by atoms with E-state index < -0.39 is 17.8 Å². The van der Waals surface area contributed by atoms with Crippen LogP contribution in [0, 0.1) is 0 Å². The highest BCUT2D eigenvalue weighted by Gasteiger charge is 2.14. The molecule has 10 heteroatoms. The molecule has 35 heavy (non-hydrogen) atoms. The lowest BCUT2D eigenvalue weighted by Crippen LogP contribution is -2.32. The molecular weight excluding hydrogens is 474 g/mol. The lowest BCUT2D eigenvalue weighted by Gasteiger charge is -2.10. The van der Waals surface area contributed by atoms with Gasteiger partial charge in [-0.1, -0.05) is 11.6 Å². The van der Waals surface area contributed by atoms with Gasteiger partial charge < -0.3 is 19.5 Å². The van der Waals surface area contributed by atoms with Crippen LogP contribution in [0.4, 0.5) is 5.69 Å². The highest BCUT2D eigenvalue weighted by Crippen LogP contribution is 2.28. The number of amides is 2. The van der Waals surface area contributed by atoms with E-state index in [1.54, 1.807) is 60.7 Å². The predicted molar refractivity (Wildman–Crippen MR) is 131 cm³/mol. The number of benzene rings is 3. The van der Waals surface area contributed by atoms with E-state index in [2.05, 4.69) is 15.8 Å². The van der Waals surface area contributed by atoms with Crippen molar-refractivity contribution >= 4 is 41.3 Å². The Kier molecular flexibility index (Phi) is 8.80. The van der Waals surface area contributed by atoms with Crippen LogP contribution < -0.4 is 25.0 Å². The zero-order valence-electron chi connectivity index (χ0n) is 18.9. The lowest BCUT2D eigenvalue weighted by atomic mass is 10.2. The minimum Gasteiger partial charge on any atom is -0.494 e. The van der Waals surface area contributed by atoms with Gasteiger partial charge in [0, 0.05) is 10.7 Å². The second kappa shape index (κ2) is 12.2. The molecule has 0 radical (unpaired) electrons. The van der Waals surface area contributed by atoms with Gasteiger partial charge in [0.15, 0.2) is 11.5 Å². The summed E-state index contributed by atoms with van der Waals surface area (Å²) in [6.45, 7) is 2.40. The van der Waals surface area contributed by atoms with E-state index in [0.29, 0.717) is 34.2 Å². The first-order chi connectivity index (χ1) is 16.9. The number of ether oxygens (including phenoxy) is 3. The van der Waals surface area contributed by atoms with Gasteiger partial charge >= 0.3 is 17.8 Å². The third kappa shape index (κ3) is 7.31. The van der Waals surface area contributed by atoms with Crippen molar-refractivity contribution in [2.24, 2.45) is 5.10 Å². The van der Waals surface area contributed by atoms with Gasteiger partial charge in [-0.05, 0) is 79.2 Å². The molecule has 0 bridgehead atoms. The van der Waals surface area contributed by atoms with Crippen molar-refractivity contribution < 1.29 is 28.6 Å². The van der Waals surface area contributed by atoms with Crippen LogP contribution in [0.25, 0.3) is 0 Å². The number of nitrogens with zero attached hydrogens (tertiary/aromatic N) is 1. The Hall–Kier alpha value is -4.37. The Morgan fingerprint density at radius 2 is 1.66 bits per heavy atom. The number of nitrogens with one attached hydrogen (secondary N) is 2. The van der Waals surface area contributed by atoms with Crippen molar-refractivity contribution in [3.05, 3.63) is 82.9 Å². The molecule has 3 aromatic rings. The van der Waals surface area contributed by atoms with Gasteiger partial charge in [0.25, 0.3) is 0 Å². The molecule has 0 fully saturated rings. The Labute approximate surface area is 206 Å². The second-order valence-corrected chi connectivity index (χ2v) is 7.35. The summed E-state index contributed by atoms with van der Waals surface area (Å²) >= 11 is 5.79. The molecule has 0 aliphatic rings. The number of hydrazone groups is 1. The zero-order valence-corrected chi connectivity index (χ0v) is 19.7. The van der Waals surface area contributed by atoms with Crippen molar-refractivity contribution in [1.82, 2.24) is 5.43 Å². The summed E-state index contributed by atoms with van der Waals surface area (Å²) in [7, 11) is 1.42. The summed E-state index contributed by atoms with van der Waals surface area (Å²) in [4.78, 5) is 36.4. The fourth-order valence-corrected chi connectivity index (χ4v) is 2.92. The van der Waals surface area contributed by atoms with Crippen LogP contribution in [0.3, 0.4) is 0 Å². The predicted octanol–water partition coefficient (Wildman–Crippen LogP) is 4.06.